The van der Waals surface area contributed by atoms with Crippen molar-refractivity contribution in [3.05, 3.63) is 11.6 Å². The Bertz CT molecular complexity index is 571. The van der Waals surface area contributed by atoms with Crippen molar-refractivity contribution < 1.29 is 4.74 Å². The summed E-state index contributed by atoms with van der Waals surface area (Å²) in [5.74, 6) is 2.59. The minimum atomic E-state index is 0. The topological polar surface area (TPSA) is 76.4 Å². The second-order valence-electron chi connectivity index (χ2n) is 7.12. The quantitative estimate of drug-likeness (QED) is 0.281. The molecular formula is C17H33IN6O. The van der Waals surface area contributed by atoms with Crippen LogP contribution in [0.1, 0.15) is 51.7 Å². The van der Waals surface area contributed by atoms with E-state index in [0.717, 1.165) is 37.1 Å². The molecule has 2 rings (SSSR count). The van der Waals surface area contributed by atoms with Crippen LogP contribution in [-0.2, 0) is 18.3 Å². The molecule has 2 atom stereocenters. The first-order chi connectivity index (χ1) is 11.4. The molecular weight excluding hydrogens is 431 g/mol. The zero-order valence-corrected chi connectivity index (χ0v) is 18.6. The highest BCUT2D eigenvalue weighted by Crippen LogP contribution is 2.42. The average molecular weight is 464 g/mol. The summed E-state index contributed by atoms with van der Waals surface area (Å²) >= 11 is 0. The number of unbranched alkanes of at least 4 members (excludes halogenated alkanes) is 1. The maximum absolute atomic E-state index is 6.00. The maximum Gasteiger partial charge on any atom is 0.191 e. The summed E-state index contributed by atoms with van der Waals surface area (Å²) in [6.07, 6.45) is 3.64. The van der Waals surface area contributed by atoms with Crippen LogP contribution in [0.5, 0.6) is 0 Å². The molecule has 0 aliphatic heterocycles. The first kappa shape index (κ1) is 22.1. The summed E-state index contributed by atoms with van der Waals surface area (Å²) in [7, 11) is 3.76. The summed E-state index contributed by atoms with van der Waals surface area (Å²) in [5, 5.41) is 15.1. The molecule has 0 aromatic carbocycles. The lowest BCUT2D eigenvalue weighted by molar-refractivity contribution is -0.113. The van der Waals surface area contributed by atoms with Crippen molar-refractivity contribution in [1.29, 1.82) is 0 Å². The van der Waals surface area contributed by atoms with Crippen LogP contribution in [0.2, 0.25) is 0 Å². The molecule has 25 heavy (non-hydrogen) atoms. The Morgan fingerprint density at radius 3 is 2.64 bits per heavy atom. The van der Waals surface area contributed by atoms with Gasteiger partial charge in [0.05, 0.1) is 12.6 Å². The highest BCUT2D eigenvalue weighted by Gasteiger charge is 2.49. The van der Waals surface area contributed by atoms with Gasteiger partial charge >= 0.3 is 0 Å². The molecule has 2 N–H and O–H groups in total. The number of aryl methyl sites for hydroxylation is 1. The van der Waals surface area contributed by atoms with Crippen LogP contribution in [0, 0.1) is 12.3 Å². The van der Waals surface area contributed by atoms with Crippen molar-refractivity contribution in [2.24, 2.45) is 17.5 Å². The molecule has 1 fully saturated rings. The van der Waals surface area contributed by atoms with Gasteiger partial charge in [0.2, 0.25) is 0 Å². The van der Waals surface area contributed by atoms with Crippen molar-refractivity contribution in [2.45, 2.75) is 65.6 Å². The number of nitrogens with one attached hydrogen (secondary N) is 2. The molecule has 1 saturated carbocycles. The van der Waals surface area contributed by atoms with Gasteiger partial charge in [-0.15, -0.1) is 34.2 Å². The SMILES string of the molecule is CCCCOC1CC(NC(=NC)NCc2nnc(C)n2C)C1(C)C.I. The predicted molar refractivity (Wildman–Crippen MR) is 111 cm³/mol. The van der Waals surface area contributed by atoms with E-state index in [4.69, 9.17) is 4.74 Å². The Kier molecular flexibility index (Phi) is 8.59. The zero-order chi connectivity index (χ0) is 17.7. The van der Waals surface area contributed by atoms with E-state index in [9.17, 15) is 0 Å². The minimum Gasteiger partial charge on any atom is -0.378 e. The van der Waals surface area contributed by atoms with Gasteiger partial charge in [0.25, 0.3) is 0 Å². The van der Waals surface area contributed by atoms with E-state index in [1.165, 1.54) is 6.42 Å². The third kappa shape index (κ3) is 5.29. The molecule has 1 aliphatic carbocycles. The number of halogens is 1. The van der Waals surface area contributed by atoms with Crippen LogP contribution in [-0.4, -0.2) is 46.5 Å². The van der Waals surface area contributed by atoms with Crippen molar-refractivity contribution in [3.8, 4) is 0 Å². The summed E-state index contributed by atoms with van der Waals surface area (Å²) in [5.41, 5.74) is 0.104. The van der Waals surface area contributed by atoms with E-state index in [-0.39, 0.29) is 29.4 Å². The fourth-order valence-corrected chi connectivity index (χ4v) is 2.91. The fraction of sp³-hybridized carbons (Fsp3) is 0.824. The van der Waals surface area contributed by atoms with Gasteiger partial charge < -0.3 is 19.9 Å². The van der Waals surface area contributed by atoms with E-state index in [1.54, 1.807) is 7.05 Å². The van der Waals surface area contributed by atoms with E-state index >= 15 is 0 Å². The fourth-order valence-electron chi connectivity index (χ4n) is 2.91. The summed E-state index contributed by atoms with van der Waals surface area (Å²) < 4.78 is 7.98. The average Bonchev–Trinajstić information content (AvgIpc) is 2.88. The highest BCUT2D eigenvalue weighted by atomic mass is 127. The van der Waals surface area contributed by atoms with Gasteiger partial charge in [-0.05, 0) is 19.8 Å². The standard InChI is InChI=1S/C17H32N6O.HI/c1-7-8-9-24-14-10-13(17(14,3)4)20-16(18-5)19-11-15-22-21-12(2)23(15)6;/h13-14H,7-11H2,1-6H3,(H2,18,19,20);1H. The van der Waals surface area contributed by atoms with E-state index in [0.29, 0.717) is 18.7 Å². The molecule has 1 aliphatic rings. The number of guanidine groups is 1. The number of aromatic nitrogens is 3. The molecule has 1 aromatic heterocycles. The van der Waals surface area contributed by atoms with Crippen LogP contribution < -0.4 is 10.6 Å². The zero-order valence-electron chi connectivity index (χ0n) is 16.3. The second-order valence-corrected chi connectivity index (χ2v) is 7.12. The molecule has 0 saturated heterocycles. The van der Waals surface area contributed by atoms with Crippen molar-refractivity contribution in [2.75, 3.05) is 13.7 Å². The number of aliphatic imine (C=N–C) groups is 1. The molecule has 8 heteroatoms. The number of nitrogens with zero attached hydrogens (tertiary/aromatic N) is 4. The lowest BCUT2D eigenvalue weighted by Crippen LogP contribution is -2.63. The van der Waals surface area contributed by atoms with E-state index in [1.807, 2.05) is 18.5 Å². The van der Waals surface area contributed by atoms with Crippen molar-refractivity contribution in [3.63, 3.8) is 0 Å². The first-order valence-corrected chi connectivity index (χ1v) is 8.83. The Morgan fingerprint density at radius 2 is 2.12 bits per heavy atom. The van der Waals surface area contributed by atoms with Crippen LogP contribution >= 0.6 is 24.0 Å². The summed E-state index contributed by atoms with van der Waals surface area (Å²) in [4.78, 5) is 4.32. The molecule has 0 radical (unpaired) electrons. The van der Waals surface area contributed by atoms with Gasteiger partial charge in [0.15, 0.2) is 11.8 Å². The van der Waals surface area contributed by atoms with Gasteiger partial charge in [-0.1, -0.05) is 27.2 Å². The largest absolute Gasteiger partial charge is 0.378 e. The Morgan fingerprint density at radius 1 is 1.40 bits per heavy atom. The van der Waals surface area contributed by atoms with Crippen LogP contribution in [0.4, 0.5) is 0 Å². The normalized spacial score (nSPS) is 22.1. The Labute approximate surface area is 168 Å². The maximum atomic E-state index is 6.00. The van der Waals surface area contributed by atoms with Gasteiger partial charge in [-0.3, -0.25) is 4.99 Å². The van der Waals surface area contributed by atoms with Crippen LogP contribution in [0.15, 0.2) is 4.99 Å². The molecule has 0 amide bonds. The van der Waals surface area contributed by atoms with Crippen molar-refractivity contribution in [1.82, 2.24) is 25.4 Å². The number of ether oxygens (including phenoxy) is 1. The van der Waals surface area contributed by atoms with Gasteiger partial charge in [-0.25, -0.2) is 0 Å². The van der Waals surface area contributed by atoms with Crippen LogP contribution in [0.25, 0.3) is 0 Å². The van der Waals surface area contributed by atoms with Gasteiger partial charge in [0, 0.05) is 32.2 Å². The summed E-state index contributed by atoms with van der Waals surface area (Å²) in [6.45, 7) is 10.1. The van der Waals surface area contributed by atoms with Gasteiger partial charge in [0.1, 0.15) is 5.82 Å². The lowest BCUT2D eigenvalue weighted by atomic mass is 9.64. The molecule has 0 bridgehead atoms. The minimum absolute atomic E-state index is 0. The second kappa shape index (κ2) is 9.70. The summed E-state index contributed by atoms with van der Waals surface area (Å²) in [6, 6.07) is 0.358. The molecule has 0 spiro atoms. The number of rotatable bonds is 7. The molecule has 2 unspecified atom stereocenters. The number of hydrogen-bond acceptors (Lipinski definition) is 4. The third-order valence-corrected chi connectivity index (χ3v) is 5.13. The number of hydrogen-bond donors (Lipinski definition) is 2. The molecule has 1 heterocycles. The highest BCUT2D eigenvalue weighted by molar-refractivity contribution is 14.0. The van der Waals surface area contributed by atoms with E-state index < -0.39 is 0 Å². The lowest BCUT2D eigenvalue weighted by Gasteiger charge is -2.52. The molecule has 1 aromatic rings. The van der Waals surface area contributed by atoms with Gasteiger partial charge in [-0.2, -0.15) is 0 Å². The van der Waals surface area contributed by atoms with Crippen LogP contribution in [0.3, 0.4) is 0 Å². The monoisotopic (exact) mass is 464 g/mol. The molecule has 144 valence electrons. The smallest absolute Gasteiger partial charge is 0.191 e. The third-order valence-electron chi connectivity index (χ3n) is 5.13. The Balaban J connectivity index is 0.00000312. The van der Waals surface area contributed by atoms with Crippen molar-refractivity contribution >= 4 is 29.9 Å². The molecule has 7 nitrogen and oxygen atoms in total. The first-order valence-electron chi connectivity index (χ1n) is 8.83. The van der Waals surface area contributed by atoms with E-state index in [2.05, 4.69) is 46.6 Å². The Hall–Kier alpha value is -0.900. The predicted octanol–water partition coefficient (Wildman–Crippen LogP) is 2.39.